The Bertz CT molecular complexity index is 482. The highest BCUT2D eigenvalue weighted by molar-refractivity contribution is 7.96. The molecule has 1 saturated carbocycles. The molecule has 0 spiro atoms. The van der Waals surface area contributed by atoms with Crippen molar-refractivity contribution in [1.82, 2.24) is 0 Å². The van der Waals surface area contributed by atoms with Gasteiger partial charge in [0.2, 0.25) is 0 Å². The summed E-state index contributed by atoms with van der Waals surface area (Å²) in [5.74, 6) is 0.496. The Balaban J connectivity index is 1.85. The zero-order valence-electron chi connectivity index (χ0n) is 11.2. The van der Waals surface area contributed by atoms with E-state index in [1.165, 1.54) is 5.56 Å². The molecule has 2 unspecified atom stereocenters. The lowest BCUT2D eigenvalue weighted by Crippen LogP contribution is -2.11. The fourth-order valence-corrected chi connectivity index (χ4v) is 3.40. The van der Waals surface area contributed by atoms with Gasteiger partial charge in [-0.2, -0.15) is 0 Å². The summed E-state index contributed by atoms with van der Waals surface area (Å²) in [7, 11) is -2.18. The van der Waals surface area contributed by atoms with Crippen LogP contribution < -0.4 is 0 Å². The fraction of sp³-hybridized carbons (Fsp3) is 0.533. The van der Waals surface area contributed by atoms with Crippen LogP contribution in [-0.4, -0.2) is 21.9 Å². The number of benzene rings is 1. The molecule has 3 heteroatoms. The van der Waals surface area contributed by atoms with Crippen molar-refractivity contribution in [3.63, 3.8) is 0 Å². The normalized spacial score (nSPS) is 20.1. The highest BCUT2D eigenvalue weighted by Crippen LogP contribution is 2.25. The minimum Gasteiger partial charge on any atom is -0.295 e. The molecule has 0 aliphatic heterocycles. The minimum absolute atomic E-state index is 0.253. The summed E-state index contributed by atoms with van der Waals surface area (Å²) in [6.07, 6.45) is 5.97. The third-order valence-electron chi connectivity index (χ3n) is 3.08. The molecule has 1 aromatic rings. The number of rotatable bonds is 6. The van der Waals surface area contributed by atoms with E-state index in [0.29, 0.717) is 5.92 Å². The monoisotopic (exact) mass is 266 g/mol. The molecular formula is C15H22O2S. The fourth-order valence-electron chi connectivity index (χ4n) is 1.91. The second-order valence-electron chi connectivity index (χ2n) is 5.32. The molecule has 0 heterocycles. The van der Waals surface area contributed by atoms with Gasteiger partial charge in [-0.15, -0.1) is 0 Å². The highest BCUT2D eigenvalue weighted by Gasteiger charge is 2.25. The van der Waals surface area contributed by atoms with E-state index in [1.54, 1.807) is 6.26 Å². The van der Waals surface area contributed by atoms with Gasteiger partial charge in [0.05, 0.1) is 15.9 Å². The SMILES string of the molecule is CC(CC=S(C)(=O)OC1CC1)Cc1ccccc1. The second kappa shape index (κ2) is 5.89. The first kappa shape index (κ1) is 13.6. The largest absolute Gasteiger partial charge is 0.295 e. The quantitative estimate of drug-likeness (QED) is 0.740. The molecule has 18 heavy (non-hydrogen) atoms. The molecule has 0 bridgehead atoms. The summed E-state index contributed by atoms with van der Waals surface area (Å²) >= 11 is 0. The Morgan fingerprint density at radius 2 is 2.06 bits per heavy atom. The first-order chi connectivity index (χ1) is 8.55. The highest BCUT2D eigenvalue weighted by atomic mass is 32.2. The molecule has 100 valence electrons. The first-order valence-electron chi connectivity index (χ1n) is 6.60. The van der Waals surface area contributed by atoms with E-state index in [-0.39, 0.29) is 6.10 Å². The summed E-state index contributed by atoms with van der Waals surface area (Å²) < 4.78 is 17.6. The van der Waals surface area contributed by atoms with E-state index in [0.717, 1.165) is 25.7 Å². The summed E-state index contributed by atoms with van der Waals surface area (Å²) in [4.78, 5) is 0. The average molecular weight is 266 g/mol. The van der Waals surface area contributed by atoms with Crippen LogP contribution in [0.4, 0.5) is 0 Å². The molecular weight excluding hydrogens is 244 g/mol. The van der Waals surface area contributed by atoms with Crippen LogP contribution in [0.25, 0.3) is 0 Å². The summed E-state index contributed by atoms with van der Waals surface area (Å²) in [5, 5.41) is 1.87. The predicted octanol–water partition coefficient (Wildman–Crippen LogP) is 3.07. The maximum absolute atomic E-state index is 12.1. The number of hydrogen-bond acceptors (Lipinski definition) is 2. The molecule has 0 radical (unpaired) electrons. The Kier molecular flexibility index (Phi) is 4.46. The van der Waals surface area contributed by atoms with E-state index in [1.807, 2.05) is 11.4 Å². The van der Waals surface area contributed by atoms with Crippen molar-refractivity contribution >= 4 is 15.2 Å². The summed E-state index contributed by atoms with van der Waals surface area (Å²) in [6, 6.07) is 10.4. The van der Waals surface area contributed by atoms with Crippen LogP contribution in [0.3, 0.4) is 0 Å². The van der Waals surface area contributed by atoms with Crippen LogP contribution in [0.5, 0.6) is 0 Å². The van der Waals surface area contributed by atoms with Gasteiger partial charge < -0.3 is 0 Å². The summed E-state index contributed by atoms with van der Waals surface area (Å²) in [6.45, 7) is 2.19. The van der Waals surface area contributed by atoms with Crippen molar-refractivity contribution in [3.05, 3.63) is 35.9 Å². The van der Waals surface area contributed by atoms with Gasteiger partial charge in [0.15, 0.2) is 0 Å². The van der Waals surface area contributed by atoms with E-state index >= 15 is 0 Å². The smallest absolute Gasteiger partial charge is 0.0774 e. The molecule has 1 aromatic carbocycles. The van der Waals surface area contributed by atoms with E-state index < -0.39 is 9.80 Å². The Labute approximate surface area is 111 Å². The van der Waals surface area contributed by atoms with Crippen LogP contribution in [0.2, 0.25) is 0 Å². The van der Waals surface area contributed by atoms with Crippen LogP contribution in [0.1, 0.15) is 31.7 Å². The van der Waals surface area contributed by atoms with E-state index in [9.17, 15) is 4.21 Å². The molecule has 2 nitrogen and oxygen atoms in total. The zero-order chi connectivity index (χ0) is 13.0. The molecule has 2 rings (SSSR count). The predicted molar refractivity (Wildman–Crippen MR) is 78.2 cm³/mol. The Hall–Kier alpha value is -0.800. The van der Waals surface area contributed by atoms with Crippen molar-refractivity contribution < 1.29 is 8.39 Å². The molecule has 2 atom stereocenters. The van der Waals surface area contributed by atoms with Crippen LogP contribution in [0.15, 0.2) is 30.3 Å². The van der Waals surface area contributed by atoms with Gasteiger partial charge in [-0.3, -0.25) is 4.18 Å². The molecule has 1 aliphatic carbocycles. The van der Waals surface area contributed by atoms with E-state index in [2.05, 4.69) is 31.2 Å². The van der Waals surface area contributed by atoms with Crippen molar-refractivity contribution in [2.45, 2.75) is 38.7 Å². The van der Waals surface area contributed by atoms with Crippen molar-refractivity contribution in [2.75, 3.05) is 6.26 Å². The van der Waals surface area contributed by atoms with Gasteiger partial charge in [0.25, 0.3) is 0 Å². The second-order valence-corrected chi connectivity index (χ2v) is 7.51. The van der Waals surface area contributed by atoms with Gasteiger partial charge in [0, 0.05) is 6.26 Å². The lowest BCUT2D eigenvalue weighted by atomic mass is 9.99. The standard InChI is InChI=1S/C15H22O2S/c1-13(12-14-6-4-3-5-7-14)10-11-18(2,16)17-15-8-9-15/h3-7,11,13,15H,8-10,12H2,1-2H3. The molecule has 0 aromatic heterocycles. The Morgan fingerprint density at radius 3 is 2.67 bits per heavy atom. The van der Waals surface area contributed by atoms with Gasteiger partial charge in [0.1, 0.15) is 0 Å². The first-order valence-corrected chi connectivity index (χ1v) is 8.55. The van der Waals surface area contributed by atoms with Crippen LogP contribution in [-0.2, 0) is 20.4 Å². The van der Waals surface area contributed by atoms with Gasteiger partial charge in [-0.1, -0.05) is 37.3 Å². The maximum Gasteiger partial charge on any atom is 0.0774 e. The molecule has 0 amide bonds. The topological polar surface area (TPSA) is 26.3 Å². The molecule has 0 saturated heterocycles. The van der Waals surface area contributed by atoms with Crippen molar-refractivity contribution in [2.24, 2.45) is 5.92 Å². The number of hydrogen-bond donors (Lipinski definition) is 0. The molecule has 1 aliphatic rings. The zero-order valence-corrected chi connectivity index (χ0v) is 12.0. The molecule has 1 fully saturated rings. The minimum atomic E-state index is -2.18. The summed E-state index contributed by atoms with van der Waals surface area (Å²) in [5.41, 5.74) is 1.34. The maximum atomic E-state index is 12.1. The van der Waals surface area contributed by atoms with Crippen LogP contribution in [0, 0.1) is 5.92 Å². The lowest BCUT2D eigenvalue weighted by Gasteiger charge is -2.10. The van der Waals surface area contributed by atoms with Gasteiger partial charge in [-0.05, 0) is 42.5 Å². The third-order valence-corrected chi connectivity index (χ3v) is 4.53. The van der Waals surface area contributed by atoms with Crippen molar-refractivity contribution in [1.29, 1.82) is 0 Å². The van der Waals surface area contributed by atoms with Gasteiger partial charge in [-0.25, -0.2) is 4.21 Å². The van der Waals surface area contributed by atoms with Crippen LogP contribution >= 0.6 is 0 Å². The van der Waals surface area contributed by atoms with E-state index in [4.69, 9.17) is 4.18 Å². The Morgan fingerprint density at radius 1 is 1.39 bits per heavy atom. The lowest BCUT2D eigenvalue weighted by molar-refractivity contribution is 0.334. The van der Waals surface area contributed by atoms with Gasteiger partial charge >= 0.3 is 0 Å². The van der Waals surface area contributed by atoms with Crippen molar-refractivity contribution in [3.8, 4) is 0 Å². The average Bonchev–Trinajstić information content (AvgIpc) is 3.11. The third kappa shape index (κ3) is 4.83. The molecule has 0 N–H and O–H groups in total.